The molecule has 0 radical (unpaired) electrons. The Kier molecular flexibility index (Phi) is 4.95. The summed E-state index contributed by atoms with van der Waals surface area (Å²) in [5.41, 5.74) is 2.27. The average Bonchev–Trinajstić information content (AvgIpc) is 2.56. The molecule has 2 aromatic carbocycles. The van der Waals surface area contributed by atoms with Gasteiger partial charge in [-0.1, -0.05) is 12.1 Å². The molecule has 0 spiro atoms. The first kappa shape index (κ1) is 16.0. The van der Waals surface area contributed by atoms with E-state index in [0.717, 1.165) is 34.3 Å². The van der Waals surface area contributed by atoms with Crippen molar-refractivity contribution in [3.8, 4) is 0 Å². The third-order valence-electron chi connectivity index (χ3n) is 3.88. The number of hydrogen-bond acceptors (Lipinski definition) is 2. The summed E-state index contributed by atoms with van der Waals surface area (Å²) in [6.45, 7) is 0.771. The highest BCUT2D eigenvalue weighted by Crippen LogP contribution is 2.23. The monoisotopic (exact) mass is 420 g/mol. The summed E-state index contributed by atoms with van der Waals surface area (Å²) in [6, 6.07) is 14.9. The number of anilines is 2. The van der Waals surface area contributed by atoms with Crippen LogP contribution in [0.5, 0.6) is 0 Å². The maximum atomic E-state index is 12.3. The van der Waals surface area contributed by atoms with Crippen LogP contribution in [0.3, 0.4) is 0 Å². The minimum Gasteiger partial charge on any atom is -0.322 e. The highest BCUT2D eigenvalue weighted by atomic mass is 127. The van der Waals surface area contributed by atoms with Crippen LogP contribution < -0.4 is 10.2 Å². The molecule has 1 heterocycles. The summed E-state index contributed by atoms with van der Waals surface area (Å²) in [6.07, 6.45) is 2.63. The zero-order valence-corrected chi connectivity index (χ0v) is 14.7. The van der Waals surface area contributed by atoms with Crippen molar-refractivity contribution >= 4 is 45.8 Å². The normalized spacial score (nSPS) is 14.7. The van der Waals surface area contributed by atoms with Crippen molar-refractivity contribution in [3.63, 3.8) is 0 Å². The number of piperidine rings is 1. The fraction of sp³-hybridized carbons (Fsp3) is 0.222. The summed E-state index contributed by atoms with van der Waals surface area (Å²) in [5.74, 6) is 0.0451. The molecule has 4 nitrogen and oxygen atoms in total. The Morgan fingerprint density at radius 2 is 1.78 bits per heavy atom. The molecule has 1 fully saturated rings. The molecule has 0 saturated carbocycles. The molecule has 0 aliphatic carbocycles. The van der Waals surface area contributed by atoms with Crippen LogP contribution in [0, 0.1) is 3.57 Å². The van der Waals surface area contributed by atoms with Crippen molar-refractivity contribution in [2.45, 2.75) is 19.3 Å². The minimum absolute atomic E-state index is 0.128. The Balaban J connectivity index is 1.71. The van der Waals surface area contributed by atoms with Crippen LogP contribution in [0.25, 0.3) is 0 Å². The number of nitrogens with one attached hydrogen (secondary N) is 1. The van der Waals surface area contributed by atoms with Gasteiger partial charge in [0.05, 0.1) is 5.56 Å². The lowest BCUT2D eigenvalue weighted by molar-refractivity contribution is -0.119. The van der Waals surface area contributed by atoms with Gasteiger partial charge in [-0.2, -0.15) is 0 Å². The van der Waals surface area contributed by atoms with Crippen LogP contribution >= 0.6 is 22.6 Å². The second kappa shape index (κ2) is 7.12. The molecule has 5 heteroatoms. The van der Waals surface area contributed by atoms with E-state index in [0.29, 0.717) is 12.0 Å². The topological polar surface area (TPSA) is 49.4 Å². The van der Waals surface area contributed by atoms with Crippen molar-refractivity contribution < 1.29 is 9.59 Å². The third kappa shape index (κ3) is 3.72. The fourth-order valence-electron chi connectivity index (χ4n) is 2.65. The van der Waals surface area contributed by atoms with E-state index in [4.69, 9.17) is 0 Å². The Morgan fingerprint density at radius 3 is 2.48 bits per heavy atom. The molecule has 0 unspecified atom stereocenters. The van der Waals surface area contributed by atoms with Gasteiger partial charge in [-0.05, 0) is 71.8 Å². The van der Waals surface area contributed by atoms with Crippen LogP contribution in [0.4, 0.5) is 11.4 Å². The van der Waals surface area contributed by atoms with E-state index in [2.05, 4.69) is 27.9 Å². The number of carbonyl (C=O) groups excluding carboxylic acids is 2. The largest absolute Gasteiger partial charge is 0.322 e. The molecule has 2 amide bonds. The zero-order valence-electron chi connectivity index (χ0n) is 12.6. The average molecular weight is 420 g/mol. The lowest BCUT2D eigenvalue weighted by Gasteiger charge is -2.26. The van der Waals surface area contributed by atoms with Crippen LogP contribution in [0.2, 0.25) is 0 Å². The molecule has 0 aromatic heterocycles. The smallest absolute Gasteiger partial charge is 0.256 e. The third-order valence-corrected chi connectivity index (χ3v) is 4.82. The van der Waals surface area contributed by atoms with Gasteiger partial charge in [0.1, 0.15) is 0 Å². The van der Waals surface area contributed by atoms with E-state index in [9.17, 15) is 9.59 Å². The van der Waals surface area contributed by atoms with Crippen LogP contribution in [0.1, 0.15) is 29.6 Å². The quantitative estimate of drug-likeness (QED) is 0.762. The maximum absolute atomic E-state index is 12.3. The molecule has 0 bridgehead atoms. The van der Waals surface area contributed by atoms with Gasteiger partial charge >= 0.3 is 0 Å². The Morgan fingerprint density at radius 1 is 1.04 bits per heavy atom. The molecule has 1 saturated heterocycles. The van der Waals surface area contributed by atoms with Crippen LogP contribution in [-0.4, -0.2) is 18.4 Å². The Labute approximate surface area is 149 Å². The predicted molar refractivity (Wildman–Crippen MR) is 99.8 cm³/mol. The number of halogens is 1. The van der Waals surface area contributed by atoms with Gasteiger partial charge in [-0.25, -0.2) is 0 Å². The number of amides is 2. The van der Waals surface area contributed by atoms with E-state index in [1.54, 1.807) is 6.07 Å². The van der Waals surface area contributed by atoms with Gasteiger partial charge in [0.15, 0.2) is 0 Å². The second-order valence-corrected chi connectivity index (χ2v) is 6.65. The molecule has 118 valence electrons. The highest BCUT2D eigenvalue weighted by Gasteiger charge is 2.19. The van der Waals surface area contributed by atoms with Crippen molar-refractivity contribution in [1.82, 2.24) is 0 Å². The van der Waals surface area contributed by atoms with Gasteiger partial charge in [-0.3, -0.25) is 9.59 Å². The number of carbonyl (C=O) groups is 2. The van der Waals surface area contributed by atoms with E-state index in [1.807, 2.05) is 47.4 Å². The number of nitrogens with zero attached hydrogens (tertiary/aromatic N) is 1. The molecule has 1 aliphatic rings. The lowest BCUT2D eigenvalue weighted by Crippen LogP contribution is -2.35. The van der Waals surface area contributed by atoms with E-state index < -0.39 is 0 Å². The molecule has 3 rings (SSSR count). The van der Waals surface area contributed by atoms with E-state index in [-0.39, 0.29) is 11.8 Å². The van der Waals surface area contributed by atoms with E-state index >= 15 is 0 Å². The molecule has 2 aromatic rings. The van der Waals surface area contributed by atoms with Crippen LogP contribution in [-0.2, 0) is 4.79 Å². The minimum atomic E-state index is -0.128. The van der Waals surface area contributed by atoms with Gasteiger partial charge in [0.2, 0.25) is 5.91 Å². The Hall–Kier alpha value is -1.89. The number of benzene rings is 2. The second-order valence-electron chi connectivity index (χ2n) is 5.48. The van der Waals surface area contributed by atoms with Crippen molar-refractivity contribution in [2.75, 3.05) is 16.8 Å². The number of rotatable bonds is 3. The fourth-order valence-corrected chi connectivity index (χ4v) is 3.28. The summed E-state index contributed by atoms with van der Waals surface area (Å²) in [4.78, 5) is 26.0. The summed E-state index contributed by atoms with van der Waals surface area (Å²) in [5, 5.41) is 2.89. The molecule has 1 aliphatic heterocycles. The first-order valence-electron chi connectivity index (χ1n) is 7.61. The van der Waals surface area contributed by atoms with Gasteiger partial charge in [0, 0.05) is 27.9 Å². The molecule has 0 atom stereocenters. The Bertz CT molecular complexity index is 728. The first-order valence-corrected chi connectivity index (χ1v) is 8.69. The van der Waals surface area contributed by atoms with Gasteiger partial charge in [0.25, 0.3) is 5.91 Å². The predicted octanol–water partition coefficient (Wildman–Crippen LogP) is 4.06. The lowest BCUT2D eigenvalue weighted by atomic mass is 10.1. The van der Waals surface area contributed by atoms with Gasteiger partial charge in [-0.15, -0.1) is 0 Å². The standard InChI is InChI=1S/C18H17IN2O2/c19-16-6-2-1-5-15(16)18(23)20-13-8-10-14(11-9-13)21-12-4-3-7-17(21)22/h1-2,5-6,8-11H,3-4,7,12H2,(H,20,23). The maximum Gasteiger partial charge on any atom is 0.256 e. The highest BCUT2D eigenvalue weighted by molar-refractivity contribution is 14.1. The van der Waals surface area contributed by atoms with Crippen LogP contribution in [0.15, 0.2) is 48.5 Å². The number of hydrogen-bond donors (Lipinski definition) is 1. The molecule has 23 heavy (non-hydrogen) atoms. The molecule has 1 N–H and O–H groups in total. The van der Waals surface area contributed by atoms with Crippen molar-refractivity contribution in [1.29, 1.82) is 0 Å². The first-order chi connectivity index (χ1) is 11.1. The van der Waals surface area contributed by atoms with Crippen molar-refractivity contribution in [3.05, 3.63) is 57.7 Å². The summed E-state index contributed by atoms with van der Waals surface area (Å²) in [7, 11) is 0. The molecular formula is C18H17IN2O2. The summed E-state index contributed by atoms with van der Waals surface area (Å²) < 4.78 is 0.915. The van der Waals surface area contributed by atoms with Gasteiger partial charge < -0.3 is 10.2 Å². The van der Waals surface area contributed by atoms with Crippen molar-refractivity contribution in [2.24, 2.45) is 0 Å². The van der Waals surface area contributed by atoms with E-state index in [1.165, 1.54) is 0 Å². The summed E-state index contributed by atoms with van der Waals surface area (Å²) >= 11 is 2.15. The SMILES string of the molecule is O=C(Nc1ccc(N2CCCCC2=O)cc1)c1ccccc1I. The zero-order chi connectivity index (χ0) is 16.2. The molecular weight excluding hydrogens is 403 g/mol.